The van der Waals surface area contributed by atoms with Crippen LogP contribution >= 0.6 is 11.6 Å². The van der Waals surface area contributed by atoms with E-state index in [0.29, 0.717) is 36.1 Å². The molecule has 1 fully saturated rings. The Morgan fingerprint density at radius 3 is 2.57 bits per heavy atom. The van der Waals surface area contributed by atoms with Crippen molar-refractivity contribution in [1.29, 1.82) is 0 Å². The van der Waals surface area contributed by atoms with Crippen LogP contribution in [0.25, 0.3) is 5.69 Å². The number of hydrogen-bond acceptors (Lipinski definition) is 4. The van der Waals surface area contributed by atoms with Crippen molar-refractivity contribution in [3.05, 3.63) is 41.0 Å². The fraction of sp³-hybridized carbons (Fsp3) is 0.577. The van der Waals surface area contributed by atoms with Gasteiger partial charge in [-0.05, 0) is 31.4 Å². The third kappa shape index (κ3) is 7.70. The standard InChI is InChI=1S/C26H38ClN5O3/c1-26(2,3)22-17-23(32(30-22)21-14-9-8-13-20(21)27)29-24(33)18-31(15-10-16-35-4)25(34)28-19-11-6-5-7-12-19/h8-9,13-14,17,19H,5-7,10-12,15-16,18H2,1-4H3,(H,28,34)(H,29,33). The summed E-state index contributed by atoms with van der Waals surface area (Å²) in [6, 6.07) is 9.18. The second-order valence-corrected chi connectivity index (χ2v) is 10.5. The summed E-state index contributed by atoms with van der Waals surface area (Å²) in [5.41, 5.74) is 1.27. The highest BCUT2D eigenvalue weighted by atomic mass is 35.5. The largest absolute Gasteiger partial charge is 0.385 e. The van der Waals surface area contributed by atoms with Crippen LogP contribution in [-0.2, 0) is 14.9 Å². The minimum absolute atomic E-state index is 0.0686. The smallest absolute Gasteiger partial charge is 0.318 e. The zero-order valence-electron chi connectivity index (χ0n) is 21.3. The lowest BCUT2D eigenvalue weighted by Gasteiger charge is -2.28. The monoisotopic (exact) mass is 503 g/mol. The molecule has 0 radical (unpaired) electrons. The lowest BCUT2D eigenvalue weighted by Crippen LogP contribution is -2.48. The number of carbonyl (C=O) groups is 2. The Bertz CT molecular complexity index is 995. The molecule has 2 N–H and O–H groups in total. The first-order valence-electron chi connectivity index (χ1n) is 12.4. The Morgan fingerprint density at radius 1 is 1.20 bits per heavy atom. The maximum absolute atomic E-state index is 13.1. The molecule has 0 bridgehead atoms. The summed E-state index contributed by atoms with van der Waals surface area (Å²) >= 11 is 6.43. The molecule has 9 heteroatoms. The molecular formula is C26H38ClN5O3. The van der Waals surface area contributed by atoms with E-state index in [0.717, 1.165) is 31.4 Å². The zero-order chi connectivity index (χ0) is 25.4. The molecule has 3 amide bonds. The number of rotatable bonds is 9. The van der Waals surface area contributed by atoms with Crippen molar-refractivity contribution < 1.29 is 14.3 Å². The predicted octanol–water partition coefficient (Wildman–Crippen LogP) is 5.14. The van der Waals surface area contributed by atoms with E-state index in [1.165, 1.54) is 6.42 Å². The number of methoxy groups -OCH3 is 1. The van der Waals surface area contributed by atoms with Gasteiger partial charge in [-0.25, -0.2) is 9.48 Å². The van der Waals surface area contributed by atoms with Gasteiger partial charge in [-0.1, -0.05) is 63.8 Å². The highest BCUT2D eigenvalue weighted by Gasteiger charge is 2.25. The van der Waals surface area contributed by atoms with Gasteiger partial charge in [0.2, 0.25) is 5.91 Å². The molecule has 1 aliphatic carbocycles. The lowest BCUT2D eigenvalue weighted by atomic mass is 9.92. The van der Waals surface area contributed by atoms with E-state index in [4.69, 9.17) is 21.4 Å². The number of carbonyl (C=O) groups excluding carboxylic acids is 2. The number of anilines is 1. The summed E-state index contributed by atoms with van der Waals surface area (Å²) in [5.74, 6) is 0.215. The van der Waals surface area contributed by atoms with Crippen molar-refractivity contribution in [3.8, 4) is 5.69 Å². The molecule has 0 saturated heterocycles. The molecule has 1 aromatic heterocycles. The molecule has 0 unspecified atom stereocenters. The first kappa shape index (κ1) is 27.0. The average Bonchev–Trinajstić information content (AvgIpc) is 3.23. The van der Waals surface area contributed by atoms with E-state index in [-0.39, 0.29) is 29.9 Å². The second kappa shape index (κ2) is 12.4. The Labute approximate surface area is 213 Å². The average molecular weight is 504 g/mol. The van der Waals surface area contributed by atoms with E-state index < -0.39 is 0 Å². The van der Waals surface area contributed by atoms with Gasteiger partial charge in [0.05, 0.1) is 16.4 Å². The molecule has 1 saturated carbocycles. The van der Waals surface area contributed by atoms with Crippen LogP contribution in [0.3, 0.4) is 0 Å². The molecular weight excluding hydrogens is 466 g/mol. The van der Waals surface area contributed by atoms with Gasteiger partial charge >= 0.3 is 6.03 Å². The summed E-state index contributed by atoms with van der Waals surface area (Å²) in [6.45, 7) is 7.06. The summed E-state index contributed by atoms with van der Waals surface area (Å²) < 4.78 is 6.80. The molecule has 3 rings (SSSR count). The van der Waals surface area contributed by atoms with Crippen LogP contribution < -0.4 is 10.6 Å². The maximum atomic E-state index is 13.1. The number of para-hydroxylation sites is 1. The number of halogens is 1. The van der Waals surface area contributed by atoms with Crippen molar-refractivity contribution >= 4 is 29.4 Å². The van der Waals surface area contributed by atoms with Crippen molar-refractivity contribution in [3.63, 3.8) is 0 Å². The maximum Gasteiger partial charge on any atom is 0.318 e. The quantitative estimate of drug-likeness (QED) is 0.463. The molecule has 35 heavy (non-hydrogen) atoms. The van der Waals surface area contributed by atoms with E-state index in [2.05, 4.69) is 31.4 Å². The van der Waals surface area contributed by atoms with Crippen LogP contribution in [0, 0.1) is 0 Å². The molecule has 192 valence electrons. The molecule has 1 aromatic carbocycles. The SMILES string of the molecule is COCCCN(CC(=O)Nc1cc(C(C)(C)C)nn1-c1ccccc1Cl)C(=O)NC1CCCCC1. The Morgan fingerprint density at radius 2 is 1.91 bits per heavy atom. The number of urea groups is 1. The number of aromatic nitrogens is 2. The third-order valence-electron chi connectivity index (χ3n) is 6.16. The van der Waals surface area contributed by atoms with E-state index in [9.17, 15) is 9.59 Å². The van der Waals surface area contributed by atoms with Gasteiger partial charge in [0.15, 0.2) is 0 Å². The third-order valence-corrected chi connectivity index (χ3v) is 6.48. The van der Waals surface area contributed by atoms with Gasteiger partial charge < -0.3 is 20.3 Å². The molecule has 0 aliphatic heterocycles. The summed E-state index contributed by atoms with van der Waals surface area (Å²) in [4.78, 5) is 27.7. The fourth-order valence-electron chi connectivity index (χ4n) is 4.16. The molecule has 0 spiro atoms. The minimum atomic E-state index is -0.296. The number of amides is 3. The molecule has 1 aliphatic rings. The van der Waals surface area contributed by atoms with Gasteiger partial charge in [-0.15, -0.1) is 0 Å². The first-order valence-corrected chi connectivity index (χ1v) is 12.8. The van der Waals surface area contributed by atoms with Crippen molar-refractivity contribution in [2.45, 2.75) is 70.8 Å². The van der Waals surface area contributed by atoms with E-state index >= 15 is 0 Å². The highest BCUT2D eigenvalue weighted by Crippen LogP contribution is 2.29. The van der Waals surface area contributed by atoms with Crippen molar-refractivity contribution in [1.82, 2.24) is 20.0 Å². The summed E-state index contributed by atoms with van der Waals surface area (Å²) in [7, 11) is 1.63. The van der Waals surface area contributed by atoms with Crippen LogP contribution in [-0.4, -0.2) is 59.5 Å². The first-order chi connectivity index (χ1) is 16.7. The normalized spacial score (nSPS) is 14.5. The number of nitrogens with one attached hydrogen (secondary N) is 2. The zero-order valence-corrected chi connectivity index (χ0v) is 22.0. The lowest BCUT2D eigenvalue weighted by molar-refractivity contribution is -0.116. The summed E-state index contributed by atoms with van der Waals surface area (Å²) in [5, 5.41) is 11.3. The van der Waals surface area contributed by atoms with Crippen LogP contribution in [0.1, 0.15) is 65.0 Å². The van der Waals surface area contributed by atoms with Gasteiger partial charge in [0.25, 0.3) is 0 Å². The van der Waals surface area contributed by atoms with Crippen molar-refractivity contribution in [2.24, 2.45) is 0 Å². The number of benzene rings is 1. The number of ether oxygens (including phenoxy) is 1. The van der Waals surface area contributed by atoms with Crippen LogP contribution in [0.15, 0.2) is 30.3 Å². The summed E-state index contributed by atoms with van der Waals surface area (Å²) in [6.07, 6.45) is 6.07. The Hall–Kier alpha value is -2.58. The van der Waals surface area contributed by atoms with E-state index in [1.54, 1.807) is 22.8 Å². The fourth-order valence-corrected chi connectivity index (χ4v) is 4.38. The topological polar surface area (TPSA) is 88.5 Å². The molecule has 8 nitrogen and oxygen atoms in total. The van der Waals surface area contributed by atoms with Gasteiger partial charge in [0, 0.05) is 37.8 Å². The van der Waals surface area contributed by atoms with Gasteiger partial charge in [-0.2, -0.15) is 5.10 Å². The Balaban J connectivity index is 1.77. The minimum Gasteiger partial charge on any atom is -0.385 e. The molecule has 0 atom stereocenters. The van der Waals surface area contributed by atoms with E-state index in [1.807, 2.05) is 24.3 Å². The Kier molecular flexibility index (Phi) is 9.57. The number of hydrogen-bond donors (Lipinski definition) is 2. The van der Waals surface area contributed by atoms with Crippen LogP contribution in [0.4, 0.5) is 10.6 Å². The molecule has 1 heterocycles. The highest BCUT2D eigenvalue weighted by molar-refractivity contribution is 6.32. The predicted molar refractivity (Wildman–Crippen MR) is 139 cm³/mol. The van der Waals surface area contributed by atoms with Gasteiger partial charge in [0.1, 0.15) is 12.4 Å². The van der Waals surface area contributed by atoms with Crippen molar-refractivity contribution in [2.75, 3.05) is 32.1 Å². The number of nitrogens with zero attached hydrogens (tertiary/aromatic N) is 3. The molecule has 2 aromatic rings. The van der Waals surface area contributed by atoms with Gasteiger partial charge in [-0.3, -0.25) is 4.79 Å². The van der Waals surface area contributed by atoms with Crippen LogP contribution in [0.2, 0.25) is 5.02 Å². The second-order valence-electron chi connectivity index (χ2n) is 10.1. The van der Waals surface area contributed by atoms with Crippen LogP contribution in [0.5, 0.6) is 0 Å².